The lowest BCUT2D eigenvalue weighted by molar-refractivity contribution is 0.0742. The topological polar surface area (TPSA) is 89.4 Å². The zero-order chi connectivity index (χ0) is 20.8. The Hall–Kier alpha value is -3.68. The predicted molar refractivity (Wildman–Crippen MR) is 109 cm³/mol. The number of hydrogen-bond donors (Lipinski definition) is 1. The van der Waals surface area contributed by atoms with Gasteiger partial charge in [0.25, 0.3) is 5.91 Å². The second-order valence-corrected chi connectivity index (χ2v) is 6.45. The number of aromatic nitrogens is 3. The standard InChI is InChI=1S/C21H23N5O3/c1-4-29-21(28)24-18-7-5-6-17(12-18)20(27)25(3)15(2)16-8-10-19(11-9-16)26-14-22-13-23-26/h5-15H,4H2,1-3H3,(H,24,28)/t15-/m1/s1. The summed E-state index contributed by atoms with van der Waals surface area (Å²) in [4.78, 5) is 30.1. The number of hydrogen-bond acceptors (Lipinski definition) is 5. The van der Waals surface area contributed by atoms with Gasteiger partial charge in [-0.1, -0.05) is 18.2 Å². The highest BCUT2D eigenvalue weighted by molar-refractivity contribution is 5.96. The first-order valence-corrected chi connectivity index (χ1v) is 9.25. The quantitative estimate of drug-likeness (QED) is 0.690. The van der Waals surface area contributed by atoms with Crippen molar-refractivity contribution in [3.05, 3.63) is 72.3 Å². The first-order chi connectivity index (χ1) is 14.0. The first-order valence-electron chi connectivity index (χ1n) is 9.25. The Morgan fingerprint density at radius 1 is 1.21 bits per heavy atom. The van der Waals surface area contributed by atoms with Gasteiger partial charge in [-0.05, 0) is 49.7 Å². The van der Waals surface area contributed by atoms with Crippen LogP contribution >= 0.6 is 0 Å². The monoisotopic (exact) mass is 393 g/mol. The molecule has 0 saturated carbocycles. The molecule has 1 atom stereocenters. The fourth-order valence-electron chi connectivity index (χ4n) is 2.87. The summed E-state index contributed by atoms with van der Waals surface area (Å²) >= 11 is 0. The molecule has 3 rings (SSSR count). The van der Waals surface area contributed by atoms with Crippen molar-refractivity contribution in [1.82, 2.24) is 19.7 Å². The number of nitrogens with zero attached hydrogens (tertiary/aromatic N) is 4. The van der Waals surface area contributed by atoms with Crippen LogP contribution in [0.25, 0.3) is 5.69 Å². The van der Waals surface area contributed by atoms with Crippen LogP contribution in [-0.2, 0) is 4.74 Å². The first kappa shape index (κ1) is 20.1. The van der Waals surface area contributed by atoms with Gasteiger partial charge in [-0.3, -0.25) is 10.1 Å². The van der Waals surface area contributed by atoms with E-state index >= 15 is 0 Å². The van der Waals surface area contributed by atoms with Crippen LogP contribution in [0, 0.1) is 0 Å². The second kappa shape index (κ2) is 9.01. The molecule has 2 amide bonds. The minimum Gasteiger partial charge on any atom is -0.450 e. The summed E-state index contributed by atoms with van der Waals surface area (Å²) in [5.41, 5.74) is 2.87. The minimum atomic E-state index is -0.550. The molecular formula is C21H23N5O3. The average Bonchev–Trinajstić information content (AvgIpc) is 3.27. The maximum Gasteiger partial charge on any atom is 0.411 e. The van der Waals surface area contributed by atoms with E-state index in [1.165, 1.54) is 6.33 Å². The van der Waals surface area contributed by atoms with E-state index in [1.807, 2.05) is 31.2 Å². The summed E-state index contributed by atoms with van der Waals surface area (Å²) < 4.78 is 6.54. The molecule has 150 valence electrons. The lowest BCUT2D eigenvalue weighted by atomic mass is 10.1. The molecule has 0 bridgehead atoms. The number of nitrogens with one attached hydrogen (secondary N) is 1. The summed E-state index contributed by atoms with van der Waals surface area (Å²) in [6, 6.07) is 14.4. The Labute approximate surface area is 169 Å². The van der Waals surface area contributed by atoms with Gasteiger partial charge in [-0.25, -0.2) is 14.5 Å². The molecule has 3 aromatic rings. The molecule has 2 aromatic carbocycles. The zero-order valence-electron chi connectivity index (χ0n) is 16.6. The number of carbonyl (C=O) groups is 2. The predicted octanol–water partition coefficient (Wildman–Crippen LogP) is 3.67. The third-order valence-electron chi connectivity index (χ3n) is 4.59. The smallest absolute Gasteiger partial charge is 0.411 e. The maximum absolute atomic E-state index is 12.9. The van der Waals surface area contributed by atoms with Crippen LogP contribution in [0.3, 0.4) is 0 Å². The van der Waals surface area contributed by atoms with Gasteiger partial charge in [0.15, 0.2) is 0 Å². The maximum atomic E-state index is 12.9. The fraction of sp³-hybridized carbons (Fsp3) is 0.238. The fourth-order valence-corrected chi connectivity index (χ4v) is 2.87. The van der Waals surface area contributed by atoms with E-state index in [0.717, 1.165) is 11.3 Å². The molecule has 0 radical (unpaired) electrons. The molecule has 0 saturated heterocycles. The van der Waals surface area contributed by atoms with E-state index in [4.69, 9.17) is 4.74 Å². The van der Waals surface area contributed by atoms with Crippen LogP contribution in [0.5, 0.6) is 0 Å². The van der Waals surface area contributed by atoms with Crippen molar-refractivity contribution in [2.75, 3.05) is 19.0 Å². The number of ether oxygens (including phenoxy) is 1. The molecule has 8 nitrogen and oxygen atoms in total. The van der Waals surface area contributed by atoms with Gasteiger partial charge >= 0.3 is 6.09 Å². The van der Waals surface area contributed by atoms with Crippen LogP contribution < -0.4 is 5.32 Å². The Balaban J connectivity index is 1.71. The molecule has 1 aromatic heterocycles. The van der Waals surface area contributed by atoms with Crippen LogP contribution in [0.2, 0.25) is 0 Å². The molecule has 8 heteroatoms. The molecule has 0 unspecified atom stereocenters. The van der Waals surface area contributed by atoms with Gasteiger partial charge in [-0.15, -0.1) is 0 Å². The minimum absolute atomic E-state index is 0.144. The molecular weight excluding hydrogens is 370 g/mol. The summed E-state index contributed by atoms with van der Waals surface area (Å²) in [5.74, 6) is -0.148. The van der Waals surface area contributed by atoms with Crippen molar-refractivity contribution < 1.29 is 14.3 Å². The van der Waals surface area contributed by atoms with Crippen molar-refractivity contribution in [3.63, 3.8) is 0 Å². The Bertz CT molecular complexity index is 970. The molecule has 0 aliphatic rings. The SMILES string of the molecule is CCOC(=O)Nc1cccc(C(=O)N(C)[C@H](C)c2ccc(-n3cncn3)cc2)c1. The van der Waals surface area contributed by atoms with Gasteiger partial charge in [0.2, 0.25) is 0 Å². The number of benzene rings is 2. The molecule has 0 spiro atoms. The van der Waals surface area contributed by atoms with Crippen molar-refractivity contribution in [2.24, 2.45) is 0 Å². The zero-order valence-corrected chi connectivity index (χ0v) is 16.6. The highest BCUT2D eigenvalue weighted by atomic mass is 16.5. The molecule has 0 aliphatic heterocycles. The molecule has 1 heterocycles. The Kier molecular flexibility index (Phi) is 6.23. The largest absolute Gasteiger partial charge is 0.450 e. The van der Waals surface area contributed by atoms with E-state index in [1.54, 1.807) is 54.1 Å². The van der Waals surface area contributed by atoms with E-state index < -0.39 is 6.09 Å². The van der Waals surface area contributed by atoms with Gasteiger partial charge in [0.1, 0.15) is 12.7 Å². The lowest BCUT2D eigenvalue weighted by Gasteiger charge is -2.26. The normalized spacial score (nSPS) is 11.6. The van der Waals surface area contributed by atoms with Crippen molar-refractivity contribution in [1.29, 1.82) is 0 Å². The van der Waals surface area contributed by atoms with Gasteiger partial charge < -0.3 is 9.64 Å². The molecule has 0 aliphatic carbocycles. The summed E-state index contributed by atoms with van der Waals surface area (Å²) in [6.45, 7) is 3.97. The van der Waals surface area contributed by atoms with Crippen LogP contribution in [0.15, 0.2) is 61.2 Å². The number of carbonyl (C=O) groups excluding carboxylic acids is 2. The second-order valence-electron chi connectivity index (χ2n) is 6.45. The van der Waals surface area contributed by atoms with Gasteiger partial charge in [0, 0.05) is 18.3 Å². The summed E-state index contributed by atoms with van der Waals surface area (Å²) in [6.07, 6.45) is 2.56. The third kappa shape index (κ3) is 4.78. The van der Waals surface area contributed by atoms with E-state index in [2.05, 4.69) is 15.4 Å². The highest BCUT2D eigenvalue weighted by Crippen LogP contribution is 2.23. The number of amides is 2. The van der Waals surface area contributed by atoms with Crippen LogP contribution in [-0.4, -0.2) is 45.3 Å². The highest BCUT2D eigenvalue weighted by Gasteiger charge is 2.19. The molecule has 0 fully saturated rings. The average molecular weight is 393 g/mol. The van der Waals surface area contributed by atoms with Crippen molar-refractivity contribution >= 4 is 17.7 Å². The van der Waals surface area contributed by atoms with Crippen LogP contribution in [0.1, 0.15) is 35.8 Å². The molecule has 1 N–H and O–H groups in total. The number of anilines is 1. The van der Waals surface area contributed by atoms with E-state index in [9.17, 15) is 9.59 Å². The Morgan fingerprint density at radius 3 is 2.62 bits per heavy atom. The molecule has 29 heavy (non-hydrogen) atoms. The Morgan fingerprint density at radius 2 is 1.97 bits per heavy atom. The van der Waals surface area contributed by atoms with E-state index in [-0.39, 0.29) is 18.6 Å². The van der Waals surface area contributed by atoms with Crippen molar-refractivity contribution in [3.8, 4) is 5.69 Å². The van der Waals surface area contributed by atoms with Gasteiger partial charge in [0.05, 0.1) is 18.3 Å². The third-order valence-corrected chi connectivity index (χ3v) is 4.59. The lowest BCUT2D eigenvalue weighted by Crippen LogP contribution is -2.29. The van der Waals surface area contributed by atoms with Gasteiger partial charge in [-0.2, -0.15) is 5.10 Å². The van der Waals surface area contributed by atoms with E-state index in [0.29, 0.717) is 11.3 Å². The summed E-state index contributed by atoms with van der Waals surface area (Å²) in [7, 11) is 1.75. The van der Waals surface area contributed by atoms with Crippen LogP contribution in [0.4, 0.5) is 10.5 Å². The summed E-state index contributed by atoms with van der Waals surface area (Å²) in [5, 5.41) is 6.72. The van der Waals surface area contributed by atoms with Crippen molar-refractivity contribution in [2.45, 2.75) is 19.9 Å². The number of rotatable bonds is 6.